The van der Waals surface area contributed by atoms with E-state index in [4.69, 9.17) is 4.74 Å². The van der Waals surface area contributed by atoms with Crippen LogP contribution in [-0.2, 0) is 14.9 Å². The molecule has 0 aliphatic rings. The average molecular weight is 222 g/mol. The molecular weight excluding hydrogens is 204 g/mol. The second kappa shape index (κ2) is 5.12. The van der Waals surface area contributed by atoms with Crippen molar-refractivity contribution in [3.05, 3.63) is 35.4 Å². The van der Waals surface area contributed by atoms with Crippen molar-refractivity contribution in [2.45, 2.75) is 26.2 Å². The normalized spacial score (nSPS) is 14.2. The van der Waals surface area contributed by atoms with Crippen molar-refractivity contribution in [2.75, 3.05) is 13.2 Å². The first-order chi connectivity index (χ1) is 7.56. The summed E-state index contributed by atoms with van der Waals surface area (Å²) in [6.07, 6.45) is 0. The van der Waals surface area contributed by atoms with E-state index in [2.05, 4.69) is 0 Å². The van der Waals surface area contributed by atoms with E-state index in [0.717, 1.165) is 11.1 Å². The molecule has 0 aliphatic carbocycles. The third-order valence-corrected chi connectivity index (χ3v) is 2.78. The Morgan fingerprint density at radius 2 is 2.06 bits per heavy atom. The second-order valence-corrected chi connectivity index (χ2v) is 4.03. The molecule has 1 rings (SSSR count). The van der Waals surface area contributed by atoms with Gasteiger partial charge in [0.15, 0.2) is 0 Å². The number of carbonyl (C=O) groups is 1. The van der Waals surface area contributed by atoms with Crippen molar-refractivity contribution in [1.82, 2.24) is 0 Å². The Hall–Kier alpha value is -1.35. The van der Waals surface area contributed by atoms with E-state index < -0.39 is 5.41 Å². The maximum atomic E-state index is 11.9. The Morgan fingerprint density at radius 1 is 1.44 bits per heavy atom. The predicted molar refractivity (Wildman–Crippen MR) is 62.2 cm³/mol. The fourth-order valence-electron chi connectivity index (χ4n) is 1.74. The molecule has 16 heavy (non-hydrogen) atoms. The van der Waals surface area contributed by atoms with Crippen LogP contribution in [0.3, 0.4) is 0 Å². The zero-order valence-corrected chi connectivity index (χ0v) is 9.99. The van der Waals surface area contributed by atoms with Crippen molar-refractivity contribution in [3.63, 3.8) is 0 Å². The van der Waals surface area contributed by atoms with Crippen LogP contribution < -0.4 is 0 Å². The molecule has 0 spiro atoms. The molecule has 0 bridgehead atoms. The molecule has 0 unspecified atom stereocenters. The predicted octanol–water partition coefficient (Wildman–Crippen LogP) is 1.81. The zero-order chi connectivity index (χ0) is 12.2. The minimum Gasteiger partial charge on any atom is -0.465 e. The Kier molecular flexibility index (Phi) is 4.07. The Morgan fingerprint density at radius 3 is 2.56 bits per heavy atom. The van der Waals surface area contributed by atoms with Gasteiger partial charge in [-0.05, 0) is 31.9 Å². The molecule has 1 N–H and O–H groups in total. The van der Waals surface area contributed by atoms with Gasteiger partial charge in [0.25, 0.3) is 0 Å². The highest BCUT2D eigenvalue weighted by molar-refractivity contribution is 5.83. The third-order valence-electron chi connectivity index (χ3n) is 2.78. The molecule has 0 amide bonds. The molecule has 0 heterocycles. The molecule has 0 aliphatic heterocycles. The van der Waals surface area contributed by atoms with E-state index in [0.29, 0.717) is 6.61 Å². The molecular formula is C13H18O3. The Labute approximate surface area is 96.1 Å². The quantitative estimate of drug-likeness (QED) is 0.790. The molecule has 1 aromatic rings. The number of aliphatic hydroxyl groups is 1. The maximum Gasteiger partial charge on any atom is 0.318 e. The molecule has 1 aromatic carbocycles. The van der Waals surface area contributed by atoms with E-state index in [9.17, 15) is 9.90 Å². The summed E-state index contributed by atoms with van der Waals surface area (Å²) >= 11 is 0. The summed E-state index contributed by atoms with van der Waals surface area (Å²) in [5.74, 6) is -0.383. The van der Waals surface area contributed by atoms with Gasteiger partial charge in [-0.3, -0.25) is 4.79 Å². The lowest BCUT2D eigenvalue weighted by atomic mass is 9.81. The van der Waals surface area contributed by atoms with Gasteiger partial charge in [-0.1, -0.05) is 24.3 Å². The largest absolute Gasteiger partial charge is 0.465 e. The number of aryl methyl sites for hydroxylation is 1. The van der Waals surface area contributed by atoms with Crippen LogP contribution in [-0.4, -0.2) is 24.3 Å². The number of aliphatic hydroxyl groups excluding tert-OH is 1. The lowest BCUT2D eigenvalue weighted by Crippen LogP contribution is -2.38. The number of rotatable bonds is 4. The molecule has 0 fully saturated rings. The number of ether oxygens (including phenoxy) is 1. The fourth-order valence-corrected chi connectivity index (χ4v) is 1.74. The summed E-state index contributed by atoms with van der Waals surface area (Å²) in [6.45, 7) is 5.44. The van der Waals surface area contributed by atoms with Crippen LogP contribution in [0, 0.1) is 6.92 Å². The van der Waals surface area contributed by atoms with Gasteiger partial charge in [0.2, 0.25) is 0 Å². The monoisotopic (exact) mass is 222 g/mol. The minimum absolute atomic E-state index is 0.253. The molecule has 3 heteroatoms. The minimum atomic E-state index is -0.971. The second-order valence-electron chi connectivity index (χ2n) is 4.03. The third kappa shape index (κ3) is 2.25. The van der Waals surface area contributed by atoms with Crippen molar-refractivity contribution in [1.29, 1.82) is 0 Å². The summed E-state index contributed by atoms with van der Waals surface area (Å²) in [5.41, 5.74) is 0.824. The van der Waals surface area contributed by atoms with E-state index in [-0.39, 0.29) is 12.6 Å². The van der Waals surface area contributed by atoms with Gasteiger partial charge in [0.05, 0.1) is 13.2 Å². The van der Waals surface area contributed by atoms with Crippen LogP contribution in [0.15, 0.2) is 24.3 Å². The molecule has 0 saturated carbocycles. The average Bonchev–Trinajstić information content (AvgIpc) is 2.29. The highest BCUT2D eigenvalue weighted by Gasteiger charge is 2.37. The van der Waals surface area contributed by atoms with Crippen LogP contribution in [0.2, 0.25) is 0 Å². The lowest BCUT2D eigenvalue weighted by Gasteiger charge is -2.26. The number of hydrogen-bond donors (Lipinski definition) is 1. The molecule has 1 atom stereocenters. The standard InChI is InChI=1S/C13H18O3/c1-4-16-12(15)13(3,9-14)11-8-6-5-7-10(11)2/h5-8,14H,4,9H2,1-3H3/t13-/m1/s1. The van der Waals surface area contributed by atoms with Gasteiger partial charge in [0, 0.05) is 0 Å². The summed E-state index contributed by atoms with van der Waals surface area (Å²) in [5, 5.41) is 9.46. The molecule has 0 radical (unpaired) electrons. The molecule has 88 valence electrons. The number of esters is 1. The van der Waals surface area contributed by atoms with Crippen LogP contribution in [0.25, 0.3) is 0 Å². The van der Waals surface area contributed by atoms with Crippen LogP contribution in [0.1, 0.15) is 25.0 Å². The number of benzene rings is 1. The van der Waals surface area contributed by atoms with Crippen molar-refractivity contribution < 1.29 is 14.6 Å². The SMILES string of the molecule is CCOC(=O)[C@](C)(CO)c1ccccc1C. The first-order valence-electron chi connectivity index (χ1n) is 5.40. The molecule has 0 aromatic heterocycles. The molecule has 3 nitrogen and oxygen atoms in total. The highest BCUT2D eigenvalue weighted by atomic mass is 16.5. The van der Waals surface area contributed by atoms with Crippen LogP contribution in [0.4, 0.5) is 0 Å². The summed E-state index contributed by atoms with van der Waals surface area (Å²) in [4.78, 5) is 11.9. The van der Waals surface area contributed by atoms with Crippen molar-refractivity contribution >= 4 is 5.97 Å². The number of carbonyl (C=O) groups excluding carboxylic acids is 1. The van der Waals surface area contributed by atoms with Gasteiger partial charge in [-0.25, -0.2) is 0 Å². The maximum absolute atomic E-state index is 11.9. The lowest BCUT2D eigenvalue weighted by molar-refractivity contribution is -0.151. The Bertz CT molecular complexity index is 373. The van der Waals surface area contributed by atoms with Gasteiger partial charge in [-0.2, -0.15) is 0 Å². The smallest absolute Gasteiger partial charge is 0.318 e. The van der Waals surface area contributed by atoms with Crippen molar-refractivity contribution in [2.24, 2.45) is 0 Å². The van der Waals surface area contributed by atoms with E-state index >= 15 is 0 Å². The topological polar surface area (TPSA) is 46.5 Å². The first-order valence-corrected chi connectivity index (χ1v) is 5.40. The van der Waals surface area contributed by atoms with E-state index in [1.807, 2.05) is 31.2 Å². The van der Waals surface area contributed by atoms with Gasteiger partial charge < -0.3 is 9.84 Å². The summed E-state index contributed by atoms with van der Waals surface area (Å²) in [6, 6.07) is 7.53. The van der Waals surface area contributed by atoms with Crippen LogP contribution in [0.5, 0.6) is 0 Å². The zero-order valence-electron chi connectivity index (χ0n) is 9.99. The summed E-state index contributed by atoms with van der Waals surface area (Å²) < 4.78 is 5.01. The first kappa shape index (κ1) is 12.7. The number of hydrogen-bond acceptors (Lipinski definition) is 3. The highest BCUT2D eigenvalue weighted by Crippen LogP contribution is 2.27. The van der Waals surface area contributed by atoms with Crippen molar-refractivity contribution in [3.8, 4) is 0 Å². The van der Waals surface area contributed by atoms with E-state index in [1.165, 1.54) is 0 Å². The van der Waals surface area contributed by atoms with Crippen LogP contribution >= 0.6 is 0 Å². The fraction of sp³-hybridized carbons (Fsp3) is 0.462. The molecule has 0 saturated heterocycles. The van der Waals surface area contributed by atoms with Gasteiger partial charge in [0.1, 0.15) is 5.41 Å². The Balaban J connectivity index is 3.14. The van der Waals surface area contributed by atoms with Gasteiger partial charge >= 0.3 is 5.97 Å². The van der Waals surface area contributed by atoms with Gasteiger partial charge in [-0.15, -0.1) is 0 Å². The summed E-state index contributed by atoms with van der Waals surface area (Å²) in [7, 11) is 0. The van der Waals surface area contributed by atoms with E-state index in [1.54, 1.807) is 13.8 Å².